The first kappa shape index (κ1) is 20.5. The molecule has 3 aromatic carbocycles. The highest BCUT2D eigenvalue weighted by molar-refractivity contribution is 6.34. The summed E-state index contributed by atoms with van der Waals surface area (Å²) in [7, 11) is 0. The van der Waals surface area contributed by atoms with Crippen LogP contribution in [0.5, 0.6) is 0 Å². The van der Waals surface area contributed by atoms with Crippen molar-refractivity contribution in [1.82, 2.24) is 5.32 Å². The summed E-state index contributed by atoms with van der Waals surface area (Å²) in [4.78, 5) is 9.13. The van der Waals surface area contributed by atoms with E-state index in [0.29, 0.717) is 43.9 Å². The molecule has 0 saturated carbocycles. The smallest absolute Gasteiger partial charge is 0.237 e. The largest absolute Gasteiger partial charge is 0.325 e. The van der Waals surface area contributed by atoms with Gasteiger partial charge in [0.1, 0.15) is 0 Å². The first-order valence-electron chi connectivity index (χ1n) is 8.98. The van der Waals surface area contributed by atoms with E-state index in [9.17, 15) is 0 Å². The molecule has 1 aliphatic rings. The highest BCUT2D eigenvalue weighted by Gasteiger charge is 2.33. The quantitative estimate of drug-likeness (QED) is 0.430. The van der Waals surface area contributed by atoms with Crippen molar-refractivity contribution in [2.45, 2.75) is 5.79 Å². The third-order valence-corrected chi connectivity index (χ3v) is 5.31. The van der Waals surface area contributed by atoms with E-state index < -0.39 is 5.79 Å². The van der Waals surface area contributed by atoms with E-state index >= 15 is 0 Å². The molecule has 0 unspecified atom stereocenters. The highest BCUT2D eigenvalue weighted by Crippen LogP contribution is 2.31. The molecule has 0 aromatic heterocycles. The second kappa shape index (κ2) is 8.53. The minimum atomic E-state index is -1.48. The van der Waals surface area contributed by atoms with Gasteiger partial charge in [-0.15, -0.1) is 0 Å². The number of benzene rings is 3. The molecule has 0 bridgehead atoms. The Morgan fingerprint density at radius 3 is 1.57 bits per heavy atom. The van der Waals surface area contributed by atoms with E-state index in [1.807, 2.05) is 48.5 Å². The summed E-state index contributed by atoms with van der Waals surface area (Å²) in [5, 5.41) is 10.9. The van der Waals surface area contributed by atoms with Gasteiger partial charge in [-0.2, -0.15) is 0 Å². The Kier molecular flexibility index (Phi) is 5.83. The number of guanidine groups is 2. The minimum absolute atomic E-state index is 0.343. The van der Waals surface area contributed by atoms with Crippen LogP contribution in [0.1, 0.15) is 5.56 Å². The van der Waals surface area contributed by atoms with Crippen molar-refractivity contribution in [3.05, 3.63) is 93.4 Å². The monoisotopic (exact) mass is 458 g/mol. The minimum Gasteiger partial charge on any atom is -0.325 e. The number of halogens is 3. The number of nitrogens with one attached hydrogen (secondary N) is 3. The van der Waals surface area contributed by atoms with Gasteiger partial charge in [0.05, 0.1) is 21.4 Å². The standard InChI is InChI=1S/C21H17Cl3N6/c22-14-8-2-1-7-13(14)21(25)29-19(26-17-11-5-3-9-15(17)23)28-20(30-21)27-18-12-6-4-10-16(18)24/h1-12H,25H2,(H3,26,27,28,29,30). The first-order valence-corrected chi connectivity index (χ1v) is 10.1. The molecular formula is C21H17Cl3N6. The van der Waals surface area contributed by atoms with Crippen LogP contribution in [-0.4, -0.2) is 11.9 Å². The molecule has 6 nitrogen and oxygen atoms in total. The second-order valence-electron chi connectivity index (χ2n) is 6.46. The van der Waals surface area contributed by atoms with E-state index in [4.69, 9.17) is 40.5 Å². The summed E-state index contributed by atoms with van der Waals surface area (Å²) in [5.41, 5.74) is 8.46. The van der Waals surface area contributed by atoms with Gasteiger partial charge in [-0.1, -0.05) is 77.3 Å². The highest BCUT2D eigenvalue weighted by atomic mass is 35.5. The van der Waals surface area contributed by atoms with Crippen molar-refractivity contribution >= 4 is 58.1 Å². The van der Waals surface area contributed by atoms with E-state index in [1.165, 1.54) is 0 Å². The van der Waals surface area contributed by atoms with Crippen LogP contribution in [0.25, 0.3) is 0 Å². The number of nitrogens with two attached hydrogens (primary N) is 1. The van der Waals surface area contributed by atoms with Crippen LogP contribution < -0.4 is 21.7 Å². The molecule has 152 valence electrons. The van der Waals surface area contributed by atoms with Gasteiger partial charge >= 0.3 is 0 Å². The summed E-state index contributed by atoms with van der Waals surface area (Å²) < 4.78 is 0. The molecule has 30 heavy (non-hydrogen) atoms. The Labute approximate surface area is 188 Å². The summed E-state index contributed by atoms with van der Waals surface area (Å²) in [6.07, 6.45) is 0. The van der Waals surface area contributed by atoms with Crippen molar-refractivity contribution in [3.8, 4) is 0 Å². The summed E-state index contributed by atoms with van der Waals surface area (Å²) in [5.74, 6) is -0.790. The lowest BCUT2D eigenvalue weighted by atomic mass is 10.1. The van der Waals surface area contributed by atoms with Gasteiger partial charge in [0, 0.05) is 10.6 Å². The predicted molar refractivity (Wildman–Crippen MR) is 125 cm³/mol. The average molecular weight is 460 g/mol. The molecule has 0 atom stereocenters. The van der Waals surface area contributed by atoms with Crippen LogP contribution in [0.15, 0.2) is 82.8 Å². The molecule has 3 aromatic rings. The van der Waals surface area contributed by atoms with E-state index in [-0.39, 0.29) is 0 Å². The summed E-state index contributed by atoms with van der Waals surface area (Å²) in [6.45, 7) is 0. The van der Waals surface area contributed by atoms with E-state index in [2.05, 4.69) is 25.9 Å². The van der Waals surface area contributed by atoms with Crippen LogP contribution in [0.2, 0.25) is 15.1 Å². The zero-order chi connectivity index (χ0) is 21.1. The van der Waals surface area contributed by atoms with Crippen molar-refractivity contribution in [3.63, 3.8) is 0 Å². The predicted octanol–water partition coefficient (Wildman–Crippen LogP) is 5.26. The van der Waals surface area contributed by atoms with Gasteiger partial charge < -0.3 is 10.6 Å². The SMILES string of the molecule is NC1(c2ccccc2Cl)N=C(Nc2ccccc2Cl)NC(Nc2ccccc2Cl)=N1. The van der Waals surface area contributed by atoms with Crippen LogP contribution in [-0.2, 0) is 5.79 Å². The Hall–Kier alpha value is -2.77. The Morgan fingerprint density at radius 2 is 1.10 bits per heavy atom. The number of para-hydroxylation sites is 2. The Morgan fingerprint density at radius 1 is 0.667 bits per heavy atom. The van der Waals surface area contributed by atoms with Crippen molar-refractivity contribution in [2.75, 3.05) is 10.6 Å². The van der Waals surface area contributed by atoms with Crippen LogP contribution in [0.3, 0.4) is 0 Å². The lowest BCUT2D eigenvalue weighted by Crippen LogP contribution is -2.50. The molecule has 0 spiro atoms. The van der Waals surface area contributed by atoms with Crippen LogP contribution in [0.4, 0.5) is 11.4 Å². The normalized spacial score (nSPS) is 14.9. The fourth-order valence-electron chi connectivity index (χ4n) is 2.91. The number of nitrogens with zero attached hydrogens (tertiary/aromatic N) is 2. The molecule has 0 radical (unpaired) electrons. The third-order valence-electron chi connectivity index (χ3n) is 4.33. The van der Waals surface area contributed by atoms with Crippen molar-refractivity contribution < 1.29 is 0 Å². The maximum Gasteiger partial charge on any atom is 0.237 e. The van der Waals surface area contributed by atoms with Crippen LogP contribution in [0, 0.1) is 0 Å². The Balaban J connectivity index is 1.74. The van der Waals surface area contributed by atoms with Gasteiger partial charge in [0.2, 0.25) is 17.7 Å². The molecule has 0 amide bonds. The van der Waals surface area contributed by atoms with Gasteiger partial charge in [-0.25, -0.2) is 9.98 Å². The molecule has 1 heterocycles. The van der Waals surface area contributed by atoms with E-state index in [0.717, 1.165) is 0 Å². The molecule has 9 heteroatoms. The van der Waals surface area contributed by atoms with Crippen LogP contribution >= 0.6 is 34.8 Å². The fourth-order valence-corrected chi connectivity index (χ4v) is 3.55. The zero-order valence-corrected chi connectivity index (χ0v) is 17.8. The number of anilines is 2. The third kappa shape index (κ3) is 4.37. The lowest BCUT2D eigenvalue weighted by molar-refractivity contribution is 0.486. The lowest BCUT2D eigenvalue weighted by Gasteiger charge is -2.30. The molecular weight excluding hydrogens is 443 g/mol. The maximum absolute atomic E-state index is 6.60. The number of hydrogen-bond acceptors (Lipinski definition) is 6. The fraction of sp³-hybridized carbons (Fsp3) is 0.0476. The topological polar surface area (TPSA) is 86.8 Å². The van der Waals surface area contributed by atoms with Crippen molar-refractivity contribution in [2.24, 2.45) is 15.7 Å². The number of hydrogen-bond donors (Lipinski definition) is 4. The molecule has 0 aliphatic carbocycles. The maximum atomic E-state index is 6.60. The van der Waals surface area contributed by atoms with Gasteiger partial charge in [0.25, 0.3) is 0 Å². The first-order chi connectivity index (χ1) is 14.4. The Bertz CT molecular complexity index is 1080. The van der Waals surface area contributed by atoms with Gasteiger partial charge in [-0.05, 0) is 30.3 Å². The number of aliphatic imine (C=N–C) groups is 2. The molecule has 1 aliphatic heterocycles. The molecule has 4 rings (SSSR count). The summed E-state index contributed by atoms with van der Waals surface area (Å²) >= 11 is 19.0. The van der Waals surface area contributed by atoms with Crippen molar-refractivity contribution in [1.29, 1.82) is 0 Å². The zero-order valence-electron chi connectivity index (χ0n) is 15.5. The number of rotatable bonds is 3. The van der Waals surface area contributed by atoms with Gasteiger partial charge in [0.15, 0.2) is 0 Å². The average Bonchev–Trinajstić information content (AvgIpc) is 2.71. The summed E-state index contributed by atoms with van der Waals surface area (Å²) in [6, 6.07) is 21.8. The second-order valence-corrected chi connectivity index (χ2v) is 7.68. The molecule has 0 fully saturated rings. The molecule has 5 N–H and O–H groups in total. The van der Waals surface area contributed by atoms with E-state index in [1.54, 1.807) is 24.3 Å². The van der Waals surface area contributed by atoms with Gasteiger partial charge in [-0.3, -0.25) is 11.1 Å². The molecule has 0 saturated heterocycles.